The zero-order chi connectivity index (χ0) is 40.1. The van der Waals surface area contributed by atoms with Gasteiger partial charge in [0.15, 0.2) is 0 Å². The first-order valence-electron chi connectivity index (χ1n) is 21.4. The summed E-state index contributed by atoms with van der Waals surface area (Å²) in [5, 5.41) is 2.54. The van der Waals surface area contributed by atoms with Crippen molar-refractivity contribution >= 4 is 33.2 Å². The van der Waals surface area contributed by atoms with E-state index in [0.717, 1.165) is 38.5 Å². The van der Waals surface area contributed by atoms with E-state index in [-0.39, 0.29) is 16.2 Å². The average Bonchev–Trinajstić information content (AvgIpc) is 3.58. The highest BCUT2D eigenvalue weighted by Crippen LogP contribution is 2.57. The Morgan fingerprint density at radius 3 is 1.64 bits per heavy atom. The van der Waals surface area contributed by atoms with Crippen molar-refractivity contribution in [1.82, 2.24) is 4.57 Å². The number of aromatic nitrogens is 1. The van der Waals surface area contributed by atoms with E-state index in [2.05, 4.69) is 224 Å². The molecule has 2 nitrogen and oxygen atoms in total. The van der Waals surface area contributed by atoms with Crippen LogP contribution >= 0.6 is 0 Å². The molecule has 0 aliphatic carbocycles. The lowest BCUT2D eigenvalue weighted by Crippen LogP contribution is -2.59. The SMILES string of the molecule is CC/C=C\C(C)(N(c1ccc(-c2ccc3c(c2)c2ccccc2n3-c2ccccc2)cc1)c1ccc(C(C)(CC)CC)cc1)C(C)(/C=C\CC)C(C)(CC)CC. The van der Waals surface area contributed by atoms with Gasteiger partial charge in [-0.25, -0.2) is 0 Å². The number of para-hydroxylation sites is 2. The first kappa shape index (κ1) is 40.8. The van der Waals surface area contributed by atoms with Gasteiger partial charge in [0.2, 0.25) is 0 Å². The van der Waals surface area contributed by atoms with E-state index in [1.165, 1.54) is 55.6 Å². The van der Waals surface area contributed by atoms with Crippen molar-refractivity contribution in [3.05, 3.63) is 151 Å². The van der Waals surface area contributed by atoms with Gasteiger partial charge in [-0.05, 0) is 128 Å². The summed E-state index contributed by atoms with van der Waals surface area (Å²) in [7, 11) is 0. The van der Waals surface area contributed by atoms with Crippen LogP contribution in [0.15, 0.2) is 146 Å². The molecular weight excluding hydrogens is 677 g/mol. The Kier molecular flexibility index (Phi) is 12.2. The summed E-state index contributed by atoms with van der Waals surface area (Å²) in [6.45, 7) is 23.8. The number of hydrogen-bond donors (Lipinski definition) is 0. The van der Waals surface area contributed by atoms with E-state index in [1.807, 2.05) is 0 Å². The Morgan fingerprint density at radius 1 is 0.518 bits per heavy atom. The number of anilines is 2. The zero-order valence-corrected chi connectivity index (χ0v) is 36.0. The lowest BCUT2D eigenvalue weighted by molar-refractivity contribution is 0.0543. The van der Waals surface area contributed by atoms with Crippen molar-refractivity contribution in [1.29, 1.82) is 0 Å². The highest BCUT2D eigenvalue weighted by atomic mass is 15.2. The molecule has 0 fully saturated rings. The maximum Gasteiger partial charge on any atom is 0.0698 e. The molecule has 56 heavy (non-hydrogen) atoms. The van der Waals surface area contributed by atoms with Crippen LogP contribution in [0, 0.1) is 10.8 Å². The second kappa shape index (κ2) is 16.7. The highest BCUT2D eigenvalue weighted by molar-refractivity contribution is 6.10. The summed E-state index contributed by atoms with van der Waals surface area (Å²) in [6.07, 6.45) is 16.3. The number of fused-ring (bicyclic) bond motifs is 3. The second-order valence-electron chi connectivity index (χ2n) is 16.9. The molecule has 0 aliphatic rings. The molecule has 292 valence electrons. The molecule has 2 heteroatoms. The monoisotopic (exact) mass is 743 g/mol. The fourth-order valence-electron chi connectivity index (χ4n) is 9.31. The Morgan fingerprint density at radius 2 is 1.05 bits per heavy atom. The van der Waals surface area contributed by atoms with Gasteiger partial charge >= 0.3 is 0 Å². The van der Waals surface area contributed by atoms with Gasteiger partial charge in [0.25, 0.3) is 0 Å². The van der Waals surface area contributed by atoms with Gasteiger partial charge in [-0.1, -0.05) is 153 Å². The molecule has 0 amide bonds. The molecule has 1 aromatic heterocycles. The van der Waals surface area contributed by atoms with E-state index in [0.29, 0.717) is 0 Å². The lowest BCUT2D eigenvalue weighted by atomic mass is 9.53. The van der Waals surface area contributed by atoms with Crippen LogP contribution in [0.1, 0.15) is 113 Å². The summed E-state index contributed by atoms with van der Waals surface area (Å²) in [5.74, 6) is 0. The minimum absolute atomic E-state index is 0.0426. The molecule has 0 saturated carbocycles. The molecular formula is C54H66N2. The predicted molar refractivity (Wildman–Crippen MR) is 247 cm³/mol. The maximum atomic E-state index is 2.65. The van der Waals surface area contributed by atoms with E-state index in [4.69, 9.17) is 0 Å². The van der Waals surface area contributed by atoms with Crippen molar-refractivity contribution in [3.8, 4) is 16.8 Å². The van der Waals surface area contributed by atoms with Crippen molar-refractivity contribution < 1.29 is 0 Å². The number of allylic oxidation sites excluding steroid dienone is 2. The normalized spacial score (nSPS) is 14.8. The topological polar surface area (TPSA) is 8.17 Å². The summed E-state index contributed by atoms with van der Waals surface area (Å²) in [6, 6.07) is 45.4. The van der Waals surface area contributed by atoms with Crippen LogP contribution in [0.2, 0.25) is 0 Å². The first-order valence-corrected chi connectivity index (χ1v) is 21.4. The van der Waals surface area contributed by atoms with Crippen LogP contribution in [0.4, 0.5) is 11.4 Å². The van der Waals surface area contributed by atoms with Crippen LogP contribution in [0.5, 0.6) is 0 Å². The molecule has 0 aliphatic heterocycles. The van der Waals surface area contributed by atoms with Crippen LogP contribution in [0.3, 0.4) is 0 Å². The van der Waals surface area contributed by atoms with Crippen molar-refractivity contribution in [2.75, 3.05) is 4.90 Å². The minimum Gasteiger partial charge on any atom is -0.331 e. The third-order valence-corrected chi connectivity index (χ3v) is 14.2. The van der Waals surface area contributed by atoms with E-state index >= 15 is 0 Å². The zero-order valence-electron chi connectivity index (χ0n) is 36.0. The van der Waals surface area contributed by atoms with Gasteiger partial charge in [-0.2, -0.15) is 0 Å². The van der Waals surface area contributed by atoms with Crippen LogP contribution < -0.4 is 4.90 Å². The van der Waals surface area contributed by atoms with Crippen molar-refractivity contribution in [3.63, 3.8) is 0 Å². The smallest absolute Gasteiger partial charge is 0.0698 e. The molecule has 0 saturated heterocycles. The molecule has 2 atom stereocenters. The Balaban J connectivity index is 1.54. The Hall–Kier alpha value is -4.82. The van der Waals surface area contributed by atoms with Gasteiger partial charge < -0.3 is 9.47 Å². The van der Waals surface area contributed by atoms with Gasteiger partial charge in [0.1, 0.15) is 0 Å². The Bertz CT molecular complexity index is 2260. The molecule has 5 aromatic carbocycles. The predicted octanol–water partition coefficient (Wildman–Crippen LogP) is 16.2. The number of benzene rings is 5. The van der Waals surface area contributed by atoms with Gasteiger partial charge in [-0.15, -0.1) is 0 Å². The molecule has 0 bridgehead atoms. The largest absolute Gasteiger partial charge is 0.331 e. The maximum absolute atomic E-state index is 2.65. The van der Waals surface area contributed by atoms with Crippen molar-refractivity contribution in [2.45, 2.75) is 119 Å². The molecule has 0 N–H and O–H groups in total. The summed E-state index contributed by atoms with van der Waals surface area (Å²) in [4.78, 5) is 2.65. The first-order chi connectivity index (χ1) is 27.0. The van der Waals surface area contributed by atoms with Gasteiger partial charge in [0.05, 0.1) is 16.6 Å². The fourth-order valence-corrected chi connectivity index (χ4v) is 9.31. The molecule has 0 radical (unpaired) electrons. The van der Waals surface area contributed by atoms with Crippen molar-refractivity contribution in [2.24, 2.45) is 10.8 Å². The standard InChI is InChI=1S/C54H66N2/c1-11-17-38-53(9,52(8,15-5)16-6)54(10,39-18-12-2)56(46-35-31-43(32-36-46)51(7,13-3)14-4)45-33-28-41(29-34-45)42-30-37-50-48(40-42)47-26-22-23-27-49(47)55(50)44-24-20-19-21-25-44/h17-40H,11-16H2,1-10H3/b38-17-,39-18-. The average molecular weight is 743 g/mol. The lowest BCUT2D eigenvalue weighted by Gasteiger charge is -2.59. The third-order valence-electron chi connectivity index (χ3n) is 14.2. The quantitative estimate of drug-likeness (QED) is 0.0897. The summed E-state index contributed by atoms with van der Waals surface area (Å²) >= 11 is 0. The molecule has 0 spiro atoms. The molecule has 2 unspecified atom stereocenters. The highest BCUT2D eigenvalue weighted by Gasteiger charge is 2.55. The fraction of sp³-hybridized carbons (Fsp3) is 0.370. The third kappa shape index (κ3) is 7.06. The van der Waals surface area contributed by atoms with Crippen LogP contribution in [-0.2, 0) is 5.41 Å². The number of rotatable bonds is 16. The van der Waals surface area contributed by atoms with E-state index in [1.54, 1.807) is 0 Å². The molecule has 6 rings (SSSR count). The number of nitrogens with zero attached hydrogens (tertiary/aromatic N) is 2. The molecule has 6 aromatic rings. The van der Waals surface area contributed by atoms with Crippen LogP contribution in [-0.4, -0.2) is 10.1 Å². The summed E-state index contributed by atoms with van der Waals surface area (Å²) in [5.41, 5.74) is 9.52. The van der Waals surface area contributed by atoms with E-state index in [9.17, 15) is 0 Å². The second-order valence-corrected chi connectivity index (χ2v) is 16.9. The van der Waals surface area contributed by atoms with E-state index < -0.39 is 5.54 Å². The number of hydrogen-bond acceptors (Lipinski definition) is 1. The minimum atomic E-state index is -0.393. The van der Waals surface area contributed by atoms with Crippen LogP contribution in [0.25, 0.3) is 38.6 Å². The van der Waals surface area contributed by atoms with Gasteiger partial charge in [-0.3, -0.25) is 0 Å². The summed E-state index contributed by atoms with van der Waals surface area (Å²) < 4.78 is 2.39. The van der Waals surface area contributed by atoms with Gasteiger partial charge in [0, 0.05) is 33.2 Å². The molecule has 1 heterocycles. The Labute approximate surface area is 339 Å².